The van der Waals surface area contributed by atoms with Gasteiger partial charge < -0.3 is 10.2 Å². The van der Waals surface area contributed by atoms with Crippen LogP contribution in [0.1, 0.15) is 51.1 Å². The first-order valence-electron chi connectivity index (χ1n) is 7.44. The Morgan fingerprint density at radius 2 is 2.19 bits per heavy atom. The van der Waals surface area contributed by atoms with E-state index in [2.05, 4.69) is 20.8 Å². The Balaban J connectivity index is 2.45. The fraction of sp³-hybridized carbons (Fsp3) is 0.562. The molecular formula is C16H22BrNO3. The molecular weight excluding hydrogens is 334 g/mol. The molecule has 4 nitrogen and oxygen atoms in total. The van der Waals surface area contributed by atoms with Gasteiger partial charge in [-0.05, 0) is 50.4 Å². The first-order valence-corrected chi connectivity index (χ1v) is 8.24. The zero-order valence-corrected chi connectivity index (χ0v) is 14.1. The number of rotatable bonds is 5. The van der Waals surface area contributed by atoms with E-state index in [0.717, 1.165) is 29.4 Å². The number of aromatic hydroxyl groups is 1. The van der Waals surface area contributed by atoms with Gasteiger partial charge in [0.05, 0.1) is 0 Å². The molecule has 116 valence electrons. The largest absolute Gasteiger partial charge is 0.508 e. The molecule has 0 saturated carbocycles. The van der Waals surface area contributed by atoms with E-state index in [9.17, 15) is 15.0 Å². The molecule has 2 rings (SSSR count). The summed E-state index contributed by atoms with van der Waals surface area (Å²) in [6.45, 7) is 4.72. The van der Waals surface area contributed by atoms with Crippen molar-refractivity contribution in [1.29, 1.82) is 0 Å². The lowest BCUT2D eigenvalue weighted by molar-refractivity contribution is -0.151. The summed E-state index contributed by atoms with van der Waals surface area (Å²) in [4.78, 5) is 13.9. The molecule has 5 heteroatoms. The van der Waals surface area contributed by atoms with Crippen molar-refractivity contribution < 1.29 is 15.0 Å². The summed E-state index contributed by atoms with van der Waals surface area (Å²) >= 11 is 3.43. The van der Waals surface area contributed by atoms with Gasteiger partial charge in [0.2, 0.25) is 0 Å². The van der Waals surface area contributed by atoms with Crippen LogP contribution in [0.2, 0.25) is 0 Å². The Morgan fingerprint density at radius 1 is 1.48 bits per heavy atom. The van der Waals surface area contributed by atoms with E-state index in [0.29, 0.717) is 12.8 Å². The Bertz CT molecular complexity index is 534. The Kier molecular flexibility index (Phi) is 4.94. The van der Waals surface area contributed by atoms with Gasteiger partial charge in [-0.25, -0.2) is 0 Å². The number of likely N-dealkylation sites (tertiary alicyclic amines) is 1. The highest BCUT2D eigenvalue weighted by molar-refractivity contribution is 9.10. The molecule has 0 bridgehead atoms. The first-order chi connectivity index (χ1) is 9.96. The molecule has 1 aliphatic rings. The van der Waals surface area contributed by atoms with Crippen LogP contribution in [0, 0.1) is 0 Å². The van der Waals surface area contributed by atoms with Crippen LogP contribution in [-0.4, -0.2) is 33.2 Å². The Morgan fingerprint density at radius 3 is 2.76 bits per heavy atom. The molecule has 0 radical (unpaired) electrons. The second-order valence-corrected chi connectivity index (χ2v) is 6.53. The summed E-state index contributed by atoms with van der Waals surface area (Å²) in [5.74, 6) is -0.525. The molecule has 2 N–H and O–H groups in total. The third kappa shape index (κ3) is 2.81. The first kappa shape index (κ1) is 16.3. The van der Waals surface area contributed by atoms with E-state index in [1.54, 1.807) is 12.1 Å². The molecule has 0 amide bonds. The van der Waals surface area contributed by atoms with Gasteiger partial charge in [0, 0.05) is 16.1 Å². The minimum atomic E-state index is -0.810. The molecule has 2 atom stereocenters. The summed E-state index contributed by atoms with van der Waals surface area (Å²) < 4.78 is 0.894. The van der Waals surface area contributed by atoms with Crippen LogP contribution >= 0.6 is 15.9 Å². The number of phenols is 1. The van der Waals surface area contributed by atoms with Gasteiger partial charge in [0.1, 0.15) is 11.3 Å². The third-order valence-electron chi connectivity index (χ3n) is 4.63. The van der Waals surface area contributed by atoms with Gasteiger partial charge in [-0.15, -0.1) is 0 Å². The Labute approximate surface area is 133 Å². The van der Waals surface area contributed by atoms with Crippen LogP contribution in [0.15, 0.2) is 22.7 Å². The highest BCUT2D eigenvalue weighted by Gasteiger charge is 2.49. The second kappa shape index (κ2) is 6.36. The minimum absolute atomic E-state index is 0.0824. The molecule has 1 aliphatic heterocycles. The van der Waals surface area contributed by atoms with E-state index in [1.165, 1.54) is 0 Å². The molecule has 1 aromatic carbocycles. The average Bonchev–Trinajstić information content (AvgIpc) is 2.88. The number of phenolic OH excluding ortho intramolecular Hbond substituents is 1. The van der Waals surface area contributed by atoms with Crippen molar-refractivity contribution >= 4 is 21.9 Å². The highest BCUT2D eigenvalue weighted by Crippen LogP contribution is 2.43. The molecule has 21 heavy (non-hydrogen) atoms. The van der Waals surface area contributed by atoms with Gasteiger partial charge in [-0.3, -0.25) is 9.69 Å². The topological polar surface area (TPSA) is 60.8 Å². The van der Waals surface area contributed by atoms with Gasteiger partial charge in [0.25, 0.3) is 0 Å². The summed E-state index contributed by atoms with van der Waals surface area (Å²) in [5.41, 5.74) is -0.0111. The molecule has 0 spiro atoms. The number of aliphatic carboxylic acids is 1. The van der Waals surface area contributed by atoms with Crippen molar-refractivity contribution in [3.63, 3.8) is 0 Å². The fourth-order valence-corrected chi connectivity index (χ4v) is 3.89. The van der Waals surface area contributed by atoms with Crippen LogP contribution in [-0.2, 0) is 4.79 Å². The van der Waals surface area contributed by atoms with E-state index < -0.39 is 11.5 Å². The Hall–Kier alpha value is -1.07. The number of carbonyl (C=O) groups is 1. The van der Waals surface area contributed by atoms with Crippen molar-refractivity contribution in [2.24, 2.45) is 0 Å². The number of carboxylic acid groups (broad SMARTS) is 1. The molecule has 1 saturated heterocycles. The molecule has 1 fully saturated rings. The van der Waals surface area contributed by atoms with Crippen LogP contribution in [0.5, 0.6) is 5.75 Å². The number of halogens is 1. The van der Waals surface area contributed by atoms with Crippen molar-refractivity contribution in [2.45, 2.75) is 51.1 Å². The van der Waals surface area contributed by atoms with E-state index in [4.69, 9.17) is 0 Å². The molecule has 2 unspecified atom stereocenters. The highest BCUT2D eigenvalue weighted by atomic mass is 79.9. The van der Waals surface area contributed by atoms with Gasteiger partial charge >= 0.3 is 5.97 Å². The predicted octanol–water partition coefficient (Wildman–Crippen LogP) is 3.94. The zero-order valence-electron chi connectivity index (χ0n) is 12.5. The monoisotopic (exact) mass is 355 g/mol. The van der Waals surface area contributed by atoms with Crippen LogP contribution in [0.3, 0.4) is 0 Å². The van der Waals surface area contributed by atoms with Crippen LogP contribution < -0.4 is 0 Å². The number of nitrogens with zero attached hydrogens (tertiary/aromatic N) is 1. The van der Waals surface area contributed by atoms with Crippen molar-refractivity contribution in [3.05, 3.63) is 28.2 Å². The second-order valence-electron chi connectivity index (χ2n) is 5.61. The normalized spacial score (nSPS) is 24.1. The molecule has 1 heterocycles. The molecule has 1 aromatic rings. The van der Waals surface area contributed by atoms with Crippen molar-refractivity contribution in [3.8, 4) is 5.75 Å². The number of hydrogen-bond donors (Lipinski definition) is 2. The van der Waals surface area contributed by atoms with Crippen molar-refractivity contribution in [2.75, 3.05) is 6.54 Å². The SMILES string of the molecule is CCC(c1cc(Br)ccc1O)N1CCCC1(CC)C(=O)O. The predicted molar refractivity (Wildman–Crippen MR) is 85.4 cm³/mol. The zero-order chi connectivity index (χ0) is 15.6. The van der Waals surface area contributed by atoms with Gasteiger partial charge in [0.15, 0.2) is 0 Å². The quantitative estimate of drug-likeness (QED) is 0.839. The summed E-state index contributed by atoms with van der Waals surface area (Å²) in [5, 5.41) is 19.9. The maximum Gasteiger partial charge on any atom is 0.324 e. The van der Waals surface area contributed by atoms with Crippen LogP contribution in [0.4, 0.5) is 0 Å². The van der Waals surface area contributed by atoms with E-state index in [-0.39, 0.29) is 11.8 Å². The van der Waals surface area contributed by atoms with E-state index in [1.807, 2.05) is 19.9 Å². The number of carboxylic acids is 1. The number of hydrogen-bond acceptors (Lipinski definition) is 3. The maximum atomic E-state index is 11.9. The van der Waals surface area contributed by atoms with Crippen LogP contribution in [0.25, 0.3) is 0 Å². The number of benzene rings is 1. The van der Waals surface area contributed by atoms with Gasteiger partial charge in [-0.1, -0.05) is 29.8 Å². The smallest absolute Gasteiger partial charge is 0.324 e. The third-order valence-corrected chi connectivity index (χ3v) is 5.13. The minimum Gasteiger partial charge on any atom is -0.508 e. The lowest BCUT2D eigenvalue weighted by atomic mass is 9.89. The summed E-state index contributed by atoms with van der Waals surface area (Å²) in [6, 6.07) is 5.26. The van der Waals surface area contributed by atoms with Crippen molar-refractivity contribution in [1.82, 2.24) is 4.90 Å². The lowest BCUT2D eigenvalue weighted by Crippen LogP contribution is -2.51. The van der Waals surface area contributed by atoms with E-state index >= 15 is 0 Å². The standard InChI is InChI=1S/C16H22BrNO3/c1-3-13(12-10-11(17)6-7-14(12)19)18-9-5-8-16(18,4-2)15(20)21/h6-7,10,13,19H,3-5,8-9H2,1-2H3,(H,20,21). The maximum absolute atomic E-state index is 11.9. The van der Waals surface area contributed by atoms with Gasteiger partial charge in [-0.2, -0.15) is 0 Å². The summed E-state index contributed by atoms with van der Waals surface area (Å²) in [6.07, 6.45) is 2.89. The summed E-state index contributed by atoms with van der Waals surface area (Å²) in [7, 11) is 0. The molecule has 0 aromatic heterocycles. The average molecular weight is 356 g/mol. The lowest BCUT2D eigenvalue weighted by Gasteiger charge is -2.39. The molecule has 0 aliphatic carbocycles. The fourth-order valence-electron chi connectivity index (χ4n) is 3.51.